The number of methoxy groups -OCH3 is 2. The molecular weight excluding hydrogens is 282 g/mol. The van der Waals surface area contributed by atoms with Gasteiger partial charge in [0, 0.05) is 25.2 Å². The van der Waals surface area contributed by atoms with Crippen LogP contribution in [0.2, 0.25) is 0 Å². The van der Waals surface area contributed by atoms with Crippen molar-refractivity contribution < 1.29 is 14.3 Å². The highest BCUT2D eigenvalue weighted by Crippen LogP contribution is 2.29. The number of amides is 1. The molecule has 6 heteroatoms. The van der Waals surface area contributed by atoms with Gasteiger partial charge in [0.15, 0.2) is 0 Å². The van der Waals surface area contributed by atoms with Crippen molar-refractivity contribution in [2.24, 2.45) is 0 Å². The highest BCUT2D eigenvalue weighted by Gasteiger charge is 2.18. The average Bonchev–Trinajstić information content (AvgIpc) is 2.99. The molecule has 0 atom stereocenters. The van der Waals surface area contributed by atoms with Gasteiger partial charge in [0.25, 0.3) is 5.91 Å². The minimum atomic E-state index is -0.231. The molecule has 2 aromatic rings. The van der Waals surface area contributed by atoms with E-state index >= 15 is 0 Å². The van der Waals surface area contributed by atoms with E-state index in [4.69, 9.17) is 9.47 Å². The Morgan fingerprint density at radius 3 is 2.86 bits per heavy atom. The second-order valence-electron chi connectivity index (χ2n) is 5.21. The lowest BCUT2D eigenvalue weighted by atomic mass is 10.2. The van der Waals surface area contributed by atoms with Crippen LogP contribution < -0.4 is 14.8 Å². The Hall–Kier alpha value is -2.50. The van der Waals surface area contributed by atoms with E-state index in [0.717, 1.165) is 31.6 Å². The van der Waals surface area contributed by atoms with Crippen molar-refractivity contribution >= 4 is 11.6 Å². The van der Waals surface area contributed by atoms with Gasteiger partial charge in [-0.3, -0.25) is 4.79 Å². The van der Waals surface area contributed by atoms with Crippen LogP contribution in [0.5, 0.6) is 11.5 Å². The summed E-state index contributed by atoms with van der Waals surface area (Å²) in [6.45, 7) is 0.932. The molecule has 1 aromatic heterocycles. The van der Waals surface area contributed by atoms with Gasteiger partial charge in [-0.2, -0.15) is 0 Å². The number of anilines is 1. The Bertz CT molecular complexity index is 670. The molecule has 1 N–H and O–H groups in total. The van der Waals surface area contributed by atoms with Gasteiger partial charge in [0.05, 0.1) is 19.9 Å². The molecule has 0 saturated carbocycles. The maximum absolute atomic E-state index is 12.4. The van der Waals surface area contributed by atoms with E-state index in [0.29, 0.717) is 22.9 Å². The number of rotatable bonds is 4. The average molecular weight is 301 g/mol. The second kappa shape index (κ2) is 6.09. The molecular formula is C16H19N3O3. The van der Waals surface area contributed by atoms with Crippen LogP contribution in [0.1, 0.15) is 29.2 Å². The number of carbonyl (C=O) groups is 1. The van der Waals surface area contributed by atoms with E-state index in [9.17, 15) is 4.79 Å². The van der Waals surface area contributed by atoms with E-state index in [1.807, 2.05) is 6.20 Å². The van der Waals surface area contributed by atoms with E-state index < -0.39 is 0 Å². The zero-order valence-corrected chi connectivity index (χ0v) is 12.8. The lowest BCUT2D eigenvalue weighted by molar-refractivity contribution is 0.102. The predicted octanol–water partition coefficient (Wildman–Crippen LogP) is 2.49. The van der Waals surface area contributed by atoms with Gasteiger partial charge in [-0.15, -0.1) is 0 Å². The third kappa shape index (κ3) is 2.77. The van der Waals surface area contributed by atoms with Crippen molar-refractivity contribution in [2.75, 3.05) is 19.5 Å². The van der Waals surface area contributed by atoms with Gasteiger partial charge in [-0.25, -0.2) is 4.98 Å². The Balaban J connectivity index is 1.80. The van der Waals surface area contributed by atoms with E-state index in [1.54, 1.807) is 32.4 Å². The van der Waals surface area contributed by atoms with Gasteiger partial charge in [0.2, 0.25) is 0 Å². The third-order valence-corrected chi connectivity index (χ3v) is 3.80. The first kappa shape index (κ1) is 14.4. The van der Waals surface area contributed by atoms with Crippen molar-refractivity contribution in [3.63, 3.8) is 0 Å². The molecule has 3 rings (SSSR count). The summed E-state index contributed by atoms with van der Waals surface area (Å²) in [5.41, 5.74) is 1.04. The summed E-state index contributed by atoms with van der Waals surface area (Å²) < 4.78 is 12.5. The molecule has 6 nitrogen and oxygen atoms in total. The second-order valence-corrected chi connectivity index (χ2v) is 5.21. The molecule has 1 aliphatic rings. The molecule has 0 fully saturated rings. The highest BCUT2D eigenvalue weighted by molar-refractivity contribution is 6.03. The SMILES string of the molecule is COc1ccc(NC(=O)c2cn3c(n2)CCCC3)c(OC)c1. The first-order valence-corrected chi connectivity index (χ1v) is 7.30. The maximum Gasteiger partial charge on any atom is 0.275 e. The molecule has 0 spiro atoms. The fourth-order valence-corrected chi connectivity index (χ4v) is 2.61. The highest BCUT2D eigenvalue weighted by atomic mass is 16.5. The Kier molecular flexibility index (Phi) is 4.00. The largest absolute Gasteiger partial charge is 0.497 e. The summed E-state index contributed by atoms with van der Waals surface area (Å²) in [6.07, 6.45) is 5.01. The zero-order chi connectivity index (χ0) is 15.5. The topological polar surface area (TPSA) is 65.4 Å². The number of nitrogens with zero attached hydrogens (tertiary/aromatic N) is 2. The monoisotopic (exact) mass is 301 g/mol. The number of hydrogen-bond acceptors (Lipinski definition) is 4. The molecule has 22 heavy (non-hydrogen) atoms. The minimum Gasteiger partial charge on any atom is -0.497 e. The Labute approximate surface area is 129 Å². The number of nitrogens with one attached hydrogen (secondary N) is 1. The number of aryl methyl sites for hydroxylation is 2. The molecule has 1 aromatic carbocycles. The number of ether oxygens (including phenoxy) is 2. The van der Waals surface area contributed by atoms with Gasteiger partial charge >= 0.3 is 0 Å². The summed E-state index contributed by atoms with van der Waals surface area (Å²) in [7, 11) is 3.14. The third-order valence-electron chi connectivity index (χ3n) is 3.80. The van der Waals surface area contributed by atoms with E-state index in [2.05, 4.69) is 14.9 Å². The van der Waals surface area contributed by atoms with Gasteiger partial charge in [0.1, 0.15) is 23.0 Å². The van der Waals surface area contributed by atoms with E-state index in [1.165, 1.54) is 0 Å². The molecule has 116 valence electrons. The first-order chi connectivity index (χ1) is 10.7. The van der Waals surface area contributed by atoms with Gasteiger partial charge in [-0.1, -0.05) is 0 Å². The molecule has 0 aliphatic carbocycles. The zero-order valence-electron chi connectivity index (χ0n) is 12.8. The van der Waals surface area contributed by atoms with Crippen molar-refractivity contribution in [1.82, 2.24) is 9.55 Å². The number of hydrogen-bond donors (Lipinski definition) is 1. The normalized spacial score (nSPS) is 13.4. The number of carbonyl (C=O) groups excluding carboxylic acids is 1. The molecule has 1 aliphatic heterocycles. The van der Waals surface area contributed by atoms with Crippen LogP contribution in [-0.4, -0.2) is 29.7 Å². The van der Waals surface area contributed by atoms with E-state index in [-0.39, 0.29) is 5.91 Å². The van der Waals surface area contributed by atoms with Crippen LogP contribution in [0, 0.1) is 0 Å². The fraction of sp³-hybridized carbons (Fsp3) is 0.375. The number of aromatic nitrogens is 2. The summed E-state index contributed by atoms with van der Waals surface area (Å²) in [5.74, 6) is 1.98. The molecule has 0 bridgehead atoms. The van der Waals surface area contributed by atoms with Gasteiger partial charge in [-0.05, 0) is 25.0 Å². The summed E-state index contributed by atoms with van der Waals surface area (Å²) in [5, 5.41) is 2.84. The molecule has 0 saturated heterocycles. The van der Waals surface area contributed by atoms with Crippen molar-refractivity contribution in [2.45, 2.75) is 25.8 Å². The molecule has 0 radical (unpaired) electrons. The van der Waals surface area contributed by atoms with Crippen LogP contribution in [0.25, 0.3) is 0 Å². The van der Waals surface area contributed by atoms with Crippen LogP contribution in [0.4, 0.5) is 5.69 Å². The molecule has 1 amide bonds. The quantitative estimate of drug-likeness (QED) is 0.942. The number of fused-ring (bicyclic) bond motifs is 1. The van der Waals surface area contributed by atoms with Crippen LogP contribution in [0.3, 0.4) is 0 Å². The standard InChI is InChI=1S/C16H19N3O3/c1-21-11-6-7-12(14(9-11)22-2)18-16(20)13-10-19-8-4-3-5-15(19)17-13/h6-7,9-10H,3-5,8H2,1-2H3,(H,18,20). The Morgan fingerprint density at radius 2 is 2.14 bits per heavy atom. The smallest absolute Gasteiger partial charge is 0.275 e. The van der Waals surface area contributed by atoms with Crippen LogP contribution in [-0.2, 0) is 13.0 Å². The van der Waals surface area contributed by atoms with Crippen LogP contribution >= 0.6 is 0 Å². The maximum atomic E-state index is 12.4. The first-order valence-electron chi connectivity index (χ1n) is 7.30. The van der Waals surface area contributed by atoms with Gasteiger partial charge < -0.3 is 19.4 Å². The van der Waals surface area contributed by atoms with Crippen molar-refractivity contribution in [3.05, 3.63) is 35.9 Å². The lowest BCUT2D eigenvalue weighted by Gasteiger charge is -2.11. The molecule has 2 heterocycles. The van der Waals surface area contributed by atoms with Crippen LogP contribution in [0.15, 0.2) is 24.4 Å². The summed E-state index contributed by atoms with van der Waals surface area (Å²) in [4.78, 5) is 16.8. The molecule has 0 unspecified atom stereocenters. The fourth-order valence-electron chi connectivity index (χ4n) is 2.61. The summed E-state index contributed by atoms with van der Waals surface area (Å²) in [6, 6.07) is 5.26. The summed E-state index contributed by atoms with van der Waals surface area (Å²) >= 11 is 0. The number of benzene rings is 1. The van der Waals surface area contributed by atoms with Crippen molar-refractivity contribution in [1.29, 1.82) is 0 Å². The minimum absolute atomic E-state index is 0.231. The number of imidazole rings is 1. The predicted molar refractivity (Wildman–Crippen MR) is 82.7 cm³/mol. The lowest BCUT2D eigenvalue weighted by Crippen LogP contribution is -2.13. The van der Waals surface area contributed by atoms with Crippen molar-refractivity contribution in [3.8, 4) is 11.5 Å². The Morgan fingerprint density at radius 1 is 1.27 bits per heavy atom.